The Morgan fingerprint density at radius 1 is 1.33 bits per heavy atom. The Balaban J connectivity index is 1.89. The molecular formula is C12H17NOS. The molecule has 1 aromatic heterocycles. The maximum atomic E-state index is 12.0. The van der Waals surface area contributed by atoms with Gasteiger partial charge in [-0.25, -0.2) is 4.98 Å². The van der Waals surface area contributed by atoms with Gasteiger partial charge in [0.15, 0.2) is 0 Å². The van der Waals surface area contributed by atoms with Crippen LogP contribution in [0.15, 0.2) is 11.6 Å². The first-order chi connectivity index (χ1) is 7.36. The van der Waals surface area contributed by atoms with Gasteiger partial charge in [0, 0.05) is 17.5 Å². The second-order valence-corrected chi connectivity index (χ2v) is 5.24. The van der Waals surface area contributed by atoms with E-state index in [9.17, 15) is 4.79 Å². The monoisotopic (exact) mass is 223 g/mol. The van der Waals surface area contributed by atoms with Crippen molar-refractivity contribution < 1.29 is 4.79 Å². The molecule has 0 unspecified atom stereocenters. The first-order valence-corrected chi connectivity index (χ1v) is 6.65. The Labute approximate surface area is 94.7 Å². The van der Waals surface area contributed by atoms with Crippen LogP contribution in [0.4, 0.5) is 0 Å². The second kappa shape index (κ2) is 5.40. The minimum Gasteiger partial charge on any atom is -0.299 e. The van der Waals surface area contributed by atoms with Gasteiger partial charge in [0.2, 0.25) is 0 Å². The average Bonchev–Trinajstić information content (AvgIpc) is 2.58. The van der Waals surface area contributed by atoms with Crippen LogP contribution >= 0.6 is 11.3 Å². The van der Waals surface area contributed by atoms with Crippen LogP contribution in [-0.2, 0) is 11.2 Å². The number of rotatable bonds is 3. The van der Waals surface area contributed by atoms with E-state index >= 15 is 0 Å². The number of thiazole rings is 1. The first kappa shape index (κ1) is 10.8. The molecule has 1 aliphatic rings. The van der Waals surface area contributed by atoms with Gasteiger partial charge in [0.05, 0.1) is 11.4 Å². The maximum absolute atomic E-state index is 12.0. The molecular weight excluding hydrogens is 206 g/mol. The molecule has 1 saturated carbocycles. The van der Waals surface area contributed by atoms with Crippen molar-refractivity contribution in [2.75, 3.05) is 0 Å². The largest absolute Gasteiger partial charge is 0.299 e. The summed E-state index contributed by atoms with van der Waals surface area (Å²) in [6, 6.07) is 0. The van der Waals surface area contributed by atoms with Crippen LogP contribution in [-0.4, -0.2) is 10.8 Å². The van der Waals surface area contributed by atoms with Gasteiger partial charge in [-0.05, 0) is 12.8 Å². The fourth-order valence-electron chi connectivity index (χ4n) is 2.23. The third-order valence-electron chi connectivity index (χ3n) is 3.12. The van der Waals surface area contributed by atoms with Crippen molar-refractivity contribution in [1.29, 1.82) is 0 Å². The third kappa shape index (κ3) is 3.13. The van der Waals surface area contributed by atoms with Gasteiger partial charge in [0.1, 0.15) is 5.78 Å². The lowest BCUT2D eigenvalue weighted by molar-refractivity contribution is -0.122. The number of ketones is 1. The number of aromatic nitrogens is 1. The van der Waals surface area contributed by atoms with Gasteiger partial charge in [0.25, 0.3) is 0 Å². The summed E-state index contributed by atoms with van der Waals surface area (Å²) in [7, 11) is 0. The topological polar surface area (TPSA) is 30.0 Å². The fourth-order valence-corrected chi connectivity index (χ4v) is 2.86. The molecule has 0 radical (unpaired) electrons. The van der Waals surface area contributed by atoms with E-state index in [2.05, 4.69) is 4.98 Å². The van der Waals surface area contributed by atoms with Crippen molar-refractivity contribution in [3.63, 3.8) is 0 Å². The average molecular weight is 223 g/mol. The number of hydrogen-bond acceptors (Lipinski definition) is 3. The SMILES string of the molecule is O=C(Cc1nccs1)C1CCCCCC1. The van der Waals surface area contributed by atoms with Gasteiger partial charge in [-0.3, -0.25) is 4.79 Å². The second-order valence-electron chi connectivity index (χ2n) is 4.26. The highest BCUT2D eigenvalue weighted by Gasteiger charge is 2.20. The highest BCUT2D eigenvalue weighted by molar-refractivity contribution is 7.09. The predicted octanol–water partition coefficient (Wildman–Crippen LogP) is 3.23. The van der Waals surface area contributed by atoms with Gasteiger partial charge >= 0.3 is 0 Å². The molecule has 0 atom stereocenters. The van der Waals surface area contributed by atoms with E-state index in [1.807, 2.05) is 5.38 Å². The van der Waals surface area contributed by atoms with Crippen LogP contribution in [0.3, 0.4) is 0 Å². The Bertz CT molecular complexity index is 299. The van der Waals surface area contributed by atoms with E-state index in [4.69, 9.17) is 0 Å². The molecule has 82 valence electrons. The van der Waals surface area contributed by atoms with Crippen molar-refractivity contribution >= 4 is 17.1 Å². The van der Waals surface area contributed by atoms with Crippen molar-refractivity contribution in [3.05, 3.63) is 16.6 Å². The molecule has 0 amide bonds. The van der Waals surface area contributed by atoms with E-state index in [1.165, 1.54) is 25.7 Å². The fraction of sp³-hybridized carbons (Fsp3) is 0.667. The van der Waals surface area contributed by atoms with Crippen molar-refractivity contribution in [2.45, 2.75) is 44.9 Å². The third-order valence-corrected chi connectivity index (χ3v) is 3.90. The van der Waals surface area contributed by atoms with Crippen molar-refractivity contribution in [1.82, 2.24) is 4.98 Å². The molecule has 2 nitrogen and oxygen atoms in total. The molecule has 0 spiro atoms. The molecule has 0 aliphatic heterocycles. The number of hydrogen-bond donors (Lipinski definition) is 0. The molecule has 1 heterocycles. The van der Waals surface area contributed by atoms with Crippen LogP contribution in [0.5, 0.6) is 0 Å². The molecule has 0 N–H and O–H groups in total. The Kier molecular flexibility index (Phi) is 3.89. The maximum Gasteiger partial charge on any atom is 0.142 e. The zero-order valence-corrected chi connectivity index (χ0v) is 9.76. The number of carbonyl (C=O) groups is 1. The minimum absolute atomic E-state index is 0.316. The highest BCUT2D eigenvalue weighted by atomic mass is 32.1. The summed E-state index contributed by atoms with van der Waals surface area (Å²) in [5, 5.41) is 2.92. The Morgan fingerprint density at radius 2 is 2.07 bits per heavy atom. The van der Waals surface area contributed by atoms with Gasteiger partial charge in [-0.1, -0.05) is 25.7 Å². The molecule has 0 saturated heterocycles. The summed E-state index contributed by atoms with van der Waals surface area (Å²) in [4.78, 5) is 16.2. The van der Waals surface area contributed by atoms with Gasteiger partial charge in [-0.15, -0.1) is 11.3 Å². The van der Waals surface area contributed by atoms with E-state index < -0.39 is 0 Å². The lowest BCUT2D eigenvalue weighted by Gasteiger charge is -2.11. The lowest BCUT2D eigenvalue weighted by atomic mass is 9.94. The molecule has 0 bridgehead atoms. The van der Waals surface area contributed by atoms with E-state index in [0.29, 0.717) is 18.1 Å². The van der Waals surface area contributed by atoms with Crippen molar-refractivity contribution in [3.8, 4) is 0 Å². The molecule has 3 heteroatoms. The lowest BCUT2D eigenvalue weighted by Crippen LogP contribution is -2.16. The standard InChI is InChI=1S/C12H17NOS/c14-11(9-12-13-7-8-15-12)10-5-3-1-2-4-6-10/h7-8,10H,1-6,9H2. The number of nitrogens with zero attached hydrogens (tertiary/aromatic N) is 1. The zero-order valence-electron chi connectivity index (χ0n) is 8.95. The van der Waals surface area contributed by atoms with Crippen LogP contribution in [0, 0.1) is 5.92 Å². The van der Waals surface area contributed by atoms with Crippen molar-refractivity contribution in [2.24, 2.45) is 5.92 Å². The summed E-state index contributed by atoms with van der Waals surface area (Å²) in [5.74, 6) is 0.725. The molecule has 2 rings (SSSR count). The summed E-state index contributed by atoms with van der Waals surface area (Å²) in [6.07, 6.45) is 9.61. The molecule has 0 aromatic carbocycles. The smallest absolute Gasteiger partial charge is 0.142 e. The van der Waals surface area contributed by atoms with Crippen LogP contribution in [0.1, 0.15) is 43.5 Å². The molecule has 1 aromatic rings. The van der Waals surface area contributed by atoms with E-state index in [-0.39, 0.29) is 0 Å². The normalized spacial score (nSPS) is 18.7. The molecule has 15 heavy (non-hydrogen) atoms. The Morgan fingerprint density at radius 3 is 2.67 bits per heavy atom. The predicted molar refractivity (Wildman–Crippen MR) is 62.0 cm³/mol. The van der Waals surface area contributed by atoms with Crippen LogP contribution in [0.2, 0.25) is 0 Å². The van der Waals surface area contributed by atoms with Gasteiger partial charge in [-0.2, -0.15) is 0 Å². The van der Waals surface area contributed by atoms with E-state index in [1.54, 1.807) is 17.5 Å². The first-order valence-electron chi connectivity index (χ1n) is 5.77. The van der Waals surface area contributed by atoms with Gasteiger partial charge < -0.3 is 0 Å². The zero-order chi connectivity index (χ0) is 10.5. The molecule has 1 fully saturated rings. The number of carbonyl (C=O) groups excluding carboxylic acids is 1. The minimum atomic E-state index is 0.316. The summed E-state index contributed by atoms with van der Waals surface area (Å²) in [6.45, 7) is 0. The highest BCUT2D eigenvalue weighted by Crippen LogP contribution is 2.24. The van der Waals surface area contributed by atoms with E-state index in [0.717, 1.165) is 17.8 Å². The quantitative estimate of drug-likeness (QED) is 0.736. The summed E-state index contributed by atoms with van der Waals surface area (Å²) in [5.41, 5.74) is 0. The Hall–Kier alpha value is -0.700. The summed E-state index contributed by atoms with van der Waals surface area (Å²) < 4.78 is 0. The number of Topliss-reactive ketones (excluding diaryl/α,β-unsaturated/α-hetero) is 1. The van der Waals surface area contributed by atoms with Crippen LogP contribution in [0.25, 0.3) is 0 Å². The summed E-state index contributed by atoms with van der Waals surface area (Å²) >= 11 is 1.59. The van der Waals surface area contributed by atoms with Crippen LogP contribution < -0.4 is 0 Å². The molecule has 1 aliphatic carbocycles.